The minimum Gasteiger partial charge on any atom is -0.338 e. The minimum atomic E-state index is -3.05. The van der Waals surface area contributed by atoms with E-state index in [0.29, 0.717) is 6.04 Å². The predicted molar refractivity (Wildman–Crippen MR) is 70.1 cm³/mol. The van der Waals surface area contributed by atoms with Crippen molar-refractivity contribution < 1.29 is 13.2 Å². The lowest BCUT2D eigenvalue weighted by atomic mass is 10.0. The Balaban J connectivity index is 1.92. The van der Waals surface area contributed by atoms with Gasteiger partial charge in [0.1, 0.15) is 9.84 Å². The van der Waals surface area contributed by atoms with E-state index in [9.17, 15) is 13.2 Å². The van der Waals surface area contributed by atoms with Crippen LogP contribution in [0.5, 0.6) is 0 Å². The van der Waals surface area contributed by atoms with Crippen LogP contribution in [0.4, 0.5) is 0 Å². The van der Waals surface area contributed by atoms with Gasteiger partial charge in [0.15, 0.2) is 0 Å². The Hall–Kier alpha value is -0.620. The number of sulfone groups is 1. The summed E-state index contributed by atoms with van der Waals surface area (Å²) < 4.78 is 22.2. The predicted octanol–water partition coefficient (Wildman–Crippen LogP) is 0.164. The van der Waals surface area contributed by atoms with Gasteiger partial charge in [0.25, 0.3) is 0 Å². The highest BCUT2D eigenvalue weighted by atomic mass is 32.2. The largest absolute Gasteiger partial charge is 0.338 e. The van der Waals surface area contributed by atoms with E-state index in [1.165, 1.54) is 12.7 Å². The summed E-state index contributed by atoms with van der Waals surface area (Å²) in [5, 5.41) is 3.44. The molecule has 2 aliphatic rings. The van der Waals surface area contributed by atoms with Crippen molar-refractivity contribution in [1.29, 1.82) is 0 Å². The average Bonchev–Trinajstić information content (AvgIpc) is 2.94. The standard InChI is InChI=1S/C12H22N2O3S/c1-18(16,17)9-6-12(15)14-8-3-5-11(14)10-4-2-7-13-10/h10-11,13H,2-9H2,1H3. The van der Waals surface area contributed by atoms with E-state index in [4.69, 9.17) is 0 Å². The summed E-state index contributed by atoms with van der Waals surface area (Å²) in [6.07, 6.45) is 5.69. The molecule has 0 saturated carbocycles. The van der Waals surface area contributed by atoms with Gasteiger partial charge in [-0.25, -0.2) is 8.42 Å². The van der Waals surface area contributed by atoms with E-state index >= 15 is 0 Å². The van der Waals surface area contributed by atoms with Crippen molar-refractivity contribution in [1.82, 2.24) is 10.2 Å². The third kappa shape index (κ3) is 3.45. The highest BCUT2D eigenvalue weighted by Gasteiger charge is 2.35. The second kappa shape index (κ2) is 5.57. The SMILES string of the molecule is CS(=O)(=O)CCC(=O)N1CCCC1C1CCCN1. The van der Waals surface area contributed by atoms with E-state index in [1.54, 1.807) is 0 Å². The molecule has 2 atom stereocenters. The maximum atomic E-state index is 12.1. The summed E-state index contributed by atoms with van der Waals surface area (Å²) in [4.78, 5) is 14.0. The highest BCUT2D eigenvalue weighted by Crippen LogP contribution is 2.25. The van der Waals surface area contributed by atoms with Crippen molar-refractivity contribution in [3.05, 3.63) is 0 Å². The van der Waals surface area contributed by atoms with Crippen molar-refractivity contribution in [2.24, 2.45) is 0 Å². The minimum absolute atomic E-state index is 0.00312. The molecule has 104 valence electrons. The molecular weight excluding hydrogens is 252 g/mol. The van der Waals surface area contributed by atoms with Crippen molar-refractivity contribution in [2.75, 3.05) is 25.1 Å². The Morgan fingerprint density at radius 2 is 2.11 bits per heavy atom. The maximum Gasteiger partial charge on any atom is 0.223 e. The monoisotopic (exact) mass is 274 g/mol. The van der Waals surface area contributed by atoms with Gasteiger partial charge in [0.2, 0.25) is 5.91 Å². The fourth-order valence-corrected chi connectivity index (χ4v) is 3.52. The second-order valence-corrected chi connectivity index (χ2v) is 7.64. The van der Waals surface area contributed by atoms with Crippen LogP contribution in [0.3, 0.4) is 0 Å². The summed E-state index contributed by atoms with van der Waals surface area (Å²) in [6.45, 7) is 1.82. The molecule has 6 heteroatoms. The first-order chi connectivity index (χ1) is 8.47. The van der Waals surface area contributed by atoms with E-state index < -0.39 is 9.84 Å². The van der Waals surface area contributed by atoms with Crippen LogP contribution in [0, 0.1) is 0 Å². The molecule has 0 aromatic rings. The van der Waals surface area contributed by atoms with Crippen LogP contribution < -0.4 is 5.32 Å². The average molecular weight is 274 g/mol. The zero-order valence-corrected chi connectivity index (χ0v) is 11.7. The molecule has 2 heterocycles. The number of likely N-dealkylation sites (tertiary alicyclic amines) is 1. The van der Waals surface area contributed by atoms with Gasteiger partial charge in [-0.15, -0.1) is 0 Å². The zero-order chi connectivity index (χ0) is 13.2. The summed E-state index contributed by atoms with van der Waals surface area (Å²) >= 11 is 0. The van der Waals surface area contributed by atoms with Crippen molar-refractivity contribution in [3.8, 4) is 0 Å². The van der Waals surface area contributed by atoms with Crippen molar-refractivity contribution in [2.45, 2.75) is 44.2 Å². The number of hydrogen-bond acceptors (Lipinski definition) is 4. The molecule has 0 spiro atoms. The smallest absolute Gasteiger partial charge is 0.223 e. The van der Waals surface area contributed by atoms with Crippen molar-refractivity contribution >= 4 is 15.7 Å². The van der Waals surface area contributed by atoms with Gasteiger partial charge in [-0.1, -0.05) is 0 Å². The van der Waals surface area contributed by atoms with Crippen LogP contribution in [0.25, 0.3) is 0 Å². The molecule has 0 aliphatic carbocycles. The lowest BCUT2D eigenvalue weighted by Gasteiger charge is -2.29. The number of rotatable bonds is 4. The van der Waals surface area contributed by atoms with Gasteiger partial charge in [0, 0.05) is 31.3 Å². The molecule has 0 aromatic carbocycles. The highest BCUT2D eigenvalue weighted by molar-refractivity contribution is 7.90. The molecule has 2 fully saturated rings. The summed E-state index contributed by atoms with van der Waals surface area (Å²) in [6, 6.07) is 0.689. The van der Waals surface area contributed by atoms with E-state index in [2.05, 4.69) is 5.32 Å². The maximum absolute atomic E-state index is 12.1. The van der Waals surface area contributed by atoms with Gasteiger partial charge >= 0.3 is 0 Å². The molecule has 5 nitrogen and oxygen atoms in total. The summed E-state index contributed by atoms with van der Waals surface area (Å²) in [7, 11) is -3.05. The van der Waals surface area contributed by atoms with Crippen molar-refractivity contribution in [3.63, 3.8) is 0 Å². The second-order valence-electron chi connectivity index (χ2n) is 5.38. The lowest BCUT2D eigenvalue weighted by Crippen LogP contribution is -2.46. The van der Waals surface area contributed by atoms with Crippen LogP contribution in [-0.4, -0.2) is 56.4 Å². The normalized spacial score (nSPS) is 28.8. The number of amides is 1. The molecule has 2 aliphatic heterocycles. The van der Waals surface area contributed by atoms with Gasteiger partial charge in [-0.3, -0.25) is 4.79 Å². The molecule has 0 aromatic heterocycles. The Morgan fingerprint density at radius 3 is 2.72 bits per heavy atom. The molecule has 2 saturated heterocycles. The van der Waals surface area contributed by atoms with Crippen LogP contribution in [0.1, 0.15) is 32.1 Å². The molecule has 2 rings (SSSR count). The summed E-state index contributed by atoms with van der Waals surface area (Å²) in [5.74, 6) is -0.0377. The quantitative estimate of drug-likeness (QED) is 0.793. The number of nitrogens with one attached hydrogen (secondary N) is 1. The topological polar surface area (TPSA) is 66.5 Å². The third-order valence-electron chi connectivity index (χ3n) is 3.87. The number of nitrogens with zero attached hydrogens (tertiary/aromatic N) is 1. The van der Waals surface area contributed by atoms with Crippen LogP contribution in [0.15, 0.2) is 0 Å². The summed E-state index contributed by atoms with van der Waals surface area (Å²) in [5.41, 5.74) is 0. The Kier molecular flexibility index (Phi) is 4.27. The first-order valence-corrected chi connectivity index (χ1v) is 8.74. The molecule has 0 bridgehead atoms. The molecule has 1 N–H and O–H groups in total. The lowest BCUT2D eigenvalue weighted by molar-refractivity contribution is -0.132. The molecule has 18 heavy (non-hydrogen) atoms. The van der Waals surface area contributed by atoms with Gasteiger partial charge < -0.3 is 10.2 Å². The molecule has 2 unspecified atom stereocenters. The van der Waals surface area contributed by atoms with E-state index in [0.717, 1.165) is 32.4 Å². The third-order valence-corrected chi connectivity index (χ3v) is 4.81. The van der Waals surface area contributed by atoms with Crippen LogP contribution >= 0.6 is 0 Å². The van der Waals surface area contributed by atoms with Crippen LogP contribution in [0.2, 0.25) is 0 Å². The molecule has 1 amide bonds. The molecular formula is C12H22N2O3S. The fraction of sp³-hybridized carbons (Fsp3) is 0.917. The molecule has 0 radical (unpaired) electrons. The Morgan fingerprint density at radius 1 is 1.33 bits per heavy atom. The number of hydrogen-bond donors (Lipinski definition) is 1. The Bertz CT molecular complexity index is 402. The van der Waals surface area contributed by atoms with Gasteiger partial charge in [-0.05, 0) is 32.2 Å². The van der Waals surface area contributed by atoms with Crippen LogP contribution in [-0.2, 0) is 14.6 Å². The fourth-order valence-electron chi connectivity index (χ4n) is 2.98. The van der Waals surface area contributed by atoms with Gasteiger partial charge in [-0.2, -0.15) is 0 Å². The van der Waals surface area contributed by atoms with E-state index in [-0.39, 0.29) is 24.1 Å². The first-order valence-electron chi connectivity index (χ1n) is 6.68. The van der Waals surface area contributed by atoms with Gasteiger partial charge in [0.05, 0.1) is 5.75 Å². The first kappa shape index (κ1) is 13.8. The Labute approximate surface area is 109 Å². The number of carbonyl (C=O) groups excluding carboxylic acids is 1. The zero-order valence-electron chi connectivity index (χ0n) is 10.9. The van der Waals surface area contributed by atoms with E-state index in [1.807, 2.05) is 4.90 Å². The number of carbonyl (C=O) groups is 1.